The van der Waals surface area contributed by atoms with Crippen LogP contribution in [0.5, 0.6) is 0 Å². The normalized spacial score (nSPS) is 17.2. The molecule has 4 heterocycles. The van der Waals surface area contributed by atoms with Crippen molar-refractivity contribution >= 4 is 53.0 Å². The lowest BCUT2D eigenvalue weighted by Gasteiger charge is -2.33. The number of amides is 1. The number of ether oxygens (including phenoxy) is 1. The largest absolute Gasteiger partial charge is 0.361 e. The maximum absolute atomic E-state index is 12.2. The van der Waals surface area contributed by atoms with Crippen molar-refractivity contribution in [3.8, 4) is 0 Å². The van der Waals surface area contributed by atoms with Gasteiger partial charge in [-0.3, -0.25) is 14.7 Å². The topological polar surface area (TPSA) is 87.6 Å². The van der Waals surface area contributed by atoms with Gasteiger partial charge in [-0.1, -0.05) is 43.8 Å². The highest BCUT2D eigenvalue weighted by Gasteiger charge is 2.25. The Kier molecular flexibility index (Phi) is 7.73. The fourth-order valence-corrected chi connectivity index (χ4v) is 6.48. The molecular weight excluding hydrogens is 502 g/mol. The molecule has 1 saturated carbocycles. The molecule has 9 nitrogen and oxygen atoms in total. The molecule has 1 saturated heterocycles. The van der Waals surface area contributed by atoms with E-state index in [1.807, 2.05) is 36.3 Å². The molecule has 1 aliphatic carbocycles. The molecule has 3 aromatic heterocycles. The van der Waals surface area contributed by atoms with E-state index in [1.54, 1.807) is 16.2 Å². The van der Waals surface area contributed by atoms with Crippen LogP contribution in [0.2, 0.25) is 25.7 Å². The molecule has 0 atom stereocenters. The molecule has 2 aliphatic rings. The fourth-order valence-electron chi connectivity index (χ4n) is 4.71. The molecule has 1 aliphatic heterocycles. The molecule has 11 heteroatoms. The molecule has 198 valence electrons. The van der Waals surface area contributed by atoms with E-state index in [2.05, 4.69) is 39.7 Å². The molecule has 37 heavy (non-hydrogen) atoms. The van der Waals surface area contributed by atoms with Gasteiger partial charge in [0.1, 0.15) is 17.6 Å². The van der Waals surface area contributed by atoms with Crippen molar-refractivity contribution in [3.05, 3.63) is 29.4 Å². The van der Waals surface area contributed by atoms with E-state index >= 15 is 0 Å². The number of piperazine rings is 1. The second-order valence-corrected chi connectivity index (χ2v) is 17.9. The third-order valence-electron chi connectivity index (χ3n) is 7.19. The lowest BCUT2D eigenvalue weighted by molar-refractivity contribution is -0.129. The second-order valence-electron chi connectivity index (χ2n) is 11.3. The van der Waals surface area contributed by atoms with Crippen molar-refractivity contribution in [2.24, 2.45) is 0 Å². The zero-order valence-electron chi connectivity index (χ0n) is 22.3. The van der Waals surface area contributed by atoms with Gasteiger partial charge in [-0.25, -0.2) is 4.98 Å². The van der Waals surface area contributed by atoms with Crippen LogP contribution in [0.3, 0.4) is 0 Å². The Hall–Kier alpha value is -2.63. The number of likely N-dealkylation sites (N-methyl/N-ethyl adjacent to an activating group) is 1. The van der Waals surface area contributed by atoms with E-state index in [4.69, 9.17) is 9.72 Å². The monoisotopic (exact) mass is 539 g/mol. The van der Waals surface area contributed by atoms with E-state index in [0.29, 0.717) is 25.7 Å². The third kappa shape index (κ3) is 6.27. The molecule has 1 amide bonds. The summed E-state index contributed by atoms with van der Waals surface area (Å²) >= 11 is 1.65. The Morgan fingerprint density at radius 1 is 1.14 bits per heavy atom. The van der Waals surface area contributed by atoms with Crippen LogP contribution in [0.15, 0.2) is 24.4 Å². The summed E-state index contributed by atoms with van der Waals surface area (Å²) in [7, 11) is 0.651. The molecule has 0 unspecified atom stereocenters. The van der Waals surface area contributed by atoms with Crippen LogP contribution >= 0.6 is 11.3 Å². The lowest BCUT2D eigenvalue weighted by atomic mass is 10.1. The van der Waals surface area contributed by atoms with Crippen molar-refractivity contribution < 1.29 is 9.53 Å². The maximum atomic E-state index is 12.2. The number of pyridine rings is 2. The smallest absolute Gasteiger partial charge is 0.241 e. The minimum absolute atomic E-state index is 0.115. The van der Waals surface area contributed by atoms with Gasteiger partial charge in [-0.15, -0.1) is 10.2 Å². The molecule has 0 aromatic carbocycles. The number of rotatable bonds is 9. The zero-order valence-corrected chi connectivity index (χ0v) is 24.1. The van der Waals surface area contributed by atoms with Crippen molar-refractivity contribution in [2.45, 2.75) is 57.3 Å². The Bertz CT molecular complexity index is 1240. The average molecular weight is 540 g/mol. The highest BCUT2D eigenvalue weighted by atomic mass is 32.1. The first kappa shape index (κ1) is 26.0. The van der Waals surface area contributed by atoms with Crippen molar-refractivity contribution in [2.75, 3.05) is 49.8 Å². The number of aromatic nitrogens is 4. The Balaban J connectivity index is 1.41. The number of nitrogens with zero attached hydrogens (tertiary/aromatic N) is 7. The molecule has 2 fully saturated rings. The van der Waals surface area contributed by atoms with Gasteiger partial charge in [-0.05, 0) is 37.1 Å². The number of fused-ring (bicyclic) bond motifs is 1. The van der Waals surface area contributed by atoms with Gasteiger partial charge < -0.3 is 14.5 Å². The molecule has 0 N–H and O–H groups in total. The van der Waals surface area contributed by atoms with Crippen molar-refractivity contribution in [1.82, 2.24) is 25.1 Å². The minimum atomic E-state index is -1.19. The summed E-state index contributed by atoms with van der Waals surface area (Å²) in [5.74, 6) is 1.40. The Morgan fingerprint density at radius 2 is 1.95 bits per heavy atom. The second kappa shape index (κ2) is 11.0. The van der Waals surface area contributed by atoms with Crippen molar-refractivity contribution in [1.29, 1.82) is 0 Å². The molecule has 0 radical (unpaired) electrons. The average Bonchev–Trinajstić information content (AvgIpc) is 3.57. The standard InChI is InChI=1S/C26H37N7O2SSi/c1-31-11-12-32(17-24(31)34)20-15-22-21(27-16-20)9-10-23(28-22)33(18-35-13-14-37(2,3)4)26-30-29-25(36-26)19-7-5-6-8-19/h9-10,15-16,19H,5-8,11-14,17-18H2,1-4H3. The quantitative estimate of drug-likeness (QED) is 0.216. The predicted molar refractivity (Wildman–Crippen MR) is 152 cm³/mol. The number of anilines is 3. The van der Waals surface area contributed by atoms with Gasteiger partial charge in [-0.2, -0.15) is 0 Å². The predicted octanol–water partition coefficient (Wildman–Crippen LogP) is 4.87. The summed E-state index contributed by atoms with van der Waals surface area (Å²) in [4.78, 5) is 27.7. The molecule has 0 spiro atoms. The first-order valence-corrected chi connectivity index (χ1v) is 17.7. The van der Waals surface area contributed by atoms with Crippen LogP contribution < -0.4 is 9.80 Å². The minimum Gasteiger partial charge on any atom is -0.361 e. The lowest BCUT2D eigenvalue weighted by Crippen LogP contribution is -2.48. The molecule has 3 aromatic rings. The Labute approximate surface area is 223 Å². The van der Waals surface area contributed by atoms with E-state index in [1.165, 1.54) is 25.7 Å². The van der Waals surface area contributed by atoms with Gasteiger partial charge >= 0.3 is 0 Å². The first-order chi connectivity index (χ1) is 17.8. The molecule has 5 rings (SSSR count). The Morgan fingerprint density at radius 3 is 2.70 bits per heavy atom. The summed E-state index contributed by atoms with van der Waals surface area (Å²) < 4.78 is 6.16. The number of hydrogen-bond acceptors (Lipinski definition) is 9. The number of hydrogen-bond donors (Lipinski definition) is 0. The zero-order chi connectivity index (χ0) is 26.0. The van der Waals surface area contributed by atoms with Crippen LogP contribution in [0.1, 0.15) is 36.6 Å². The third-order valence-corrected chi connectivity index (χ3v) is 10.0. The molecule has 0 bridgehead atoms. The summed E-state index contributed by atoms with van der Waals surface area (Å²) in [6.07, 6.45) is 6.75. The van der Waals surface area contributed by atoms with Crippen LogP contribution in [-0.4, -0.2) is 79.1 Å². The number of carbonyl (C=O) groups is 1. The van der Waals surface area contributed by atoms with Crippen LogP contribution in [-0.2, 0) is 9.53 Å². The van der Waals surface area contributed by atoms with Gasteiger partial charge in [0.15, 0.2) is 0 Å². The fraction of sp³-hybridized carbons (Fsp3) is 0.577. The van der Waals surface area contributed by atoms with E-state index < -0.39 is 8.07 Å². The highest BCUT2D eigenvalue weighted by molar-refractivity contribution is 7.15. The van der Waals surface area contributed by atoms with Crippen LogP contribution in [0, 0.1) is 0 Å². The van der Waals surface area contributed by atoms with E-state index in [9.17, 15) is 4.79 Å². The SMILES string of the molecule is CN1CCN(c2cnc3ccc(N(COCC[Si](C)(C)C)c4nnc(C5CCCC5)s4)nc3c2)CC1=O. The van der Waals surface area contributed by atoms with Gasteiger partial charge in [0, 0.05) is 40.7 Å². The van der Waals surface area contributed by atoms with E-state index in [0.717, 1.165) is 51.9 Å². The summed E-state index contributed by atoms with van der Waals surface area (Å²) in [5.41, 5.74) is 2.52. The van der Waals surface area contributed by atoms with Crippen LogP contribution in [0.4, 0.5) is 16.6 Å². The summed E-state index contributed by atoms with van der Waals surface area (Å²) in [5, 5.41) is 11.1. The highest BCUT2D eigenvalue weighted by Crippen LogP contribution is 2.38. The first-order valence-electron chi connectivity index (χ1n) is 13.2. The summed E-state index contributed by atoms with van der Waals surface area (Å²) in [6.45, 7) is 10.0. The molecular formula is C26H37N7O2SSi. The van der Waals surface area contributed by atoms with Gasteiger partial charge in [0.2, 0.25) is 11.0 Å². The summed E-state index contributed by atoms with van der Waals surface area (Å²) in [6, 6.07) is 7.10. The van der Waals surface area contributed by atoms with E-state index in [-0.39, 0.29) is 5.91 Å². The maximum Gasteiger partial charge on any atom is 0.241 e. The number of carbonyl (C=O) groups excluding carboxylic acids is 1. The van der Waals surface area contributed by atoms with Gasteiger partial charge in [0.25, 0.3) is 0 Å². The van der Waals surface area contributed by atoms with Crippen molar-refractivity contribution in [3.63, 3.8) is 0 Å². The van der Waals surface area contributed by atoms with Crippen LogP contribution in [0.25, 0.3) is 11.0 Å². The van der Waals surface area contributed by atoms with Gasteiger partial charge in [0.05, 0.1) is 29.5 Å².